The molecule has 4 rings (SSSR count). The Labute approximate surface area is 191 Å². The second-order valence-corrected chi connectivity index (χ2v) is 7.63. The summed E-state index contributed by atoms with van der Waals surface area (Å²) in [5.41, 5.74) is 0.525. The summed E-state index contributed by atoms with van der Waals surface area (Å²) in [4.78, 5) is 25.8. The highest BCUT2D eigenvalue weighted by Crippen LogP contribution is 2.29. The predicted molar refractivity (Wildman–Crippen MR) is 113 cm³/mol. The maximum atomic E-state index is 13.1. The summed E-state index contributed by atoms with van der Waals surface area (Å²) in [5, 5.41) is 13.6. The van der Waals surface area contributed by atoms with Crippen LogP contribution < -0.4 is 15.0 Å². The van der Waals surface area contributed by atoms with Crippen LogP contribution in [0.4, 0.5) is 24.7 Å². The first-order valence-corrected chi connectivity index (χ1v) is 10.4. The number of carbonyl (C=O) groups is 2. The number of methoxy groups -OCH3 is 1. The summed E-state index contributed by atoms with van der Waals surface area (Å²) in [6.07, 6.45) is -3.67. The van der Waals surface area contributed by atoms with Crippen LogP contribution in [0.15, 0.2) is 36.4 Å². The van der Waals surface area contributed by atoms with Crippen molar-refractivity contribution in [2.75, 3.05) is 37.0 Å². The van der Waals surface area contributed by atoms with Crippen molar-refractivity contribution in [2.45, 2.75) is 19.0 Å². The largest absolute Gasteiger partial charge is 0.482 e. The van der Waals surface area contributed by atoms with Crippen LogP contribution in [-0.2, 0) is 20.5 Å². The number of alkyl halides is 3. The van der Waals surface area contributed by atoms with Crippen molar-refractivity contribution in [2.24, 2.45) is 5.92 Å². The Morgan fingerprint density at radius 3 is 2.62 bits per heavy atom. The molecule has 0 saturated carbocycles. The molecule has 1 aliphatic heterocycles. The fourth-order valence-electron chi connectivity index (χ4n) is 3.60. The van der Waals surface area contributed by atoms with Crippen molar-refractivity contribution in [1.29, 1.82) is 0 Å². The van der Waals surface area contributed by atoms with Gasteiger partial charge in [0.1, 0.15) is 11.6 Å². The Morgan fingerprint density at radius 1 is 1.15 bits per heavy atom. The molecular formula is C21H21F3N6O4. The molecule has 10 nitrogen and oxygen atoms in total. The van der Waals surface area contributed by atoms with E-state index in [0.29, 0.717) is 47.7 Å². The van der Waals surface area contributed by atoms with Crippen molar-refractivity contribution in [3.8, 4) is 5.75 Å². The average Bonchev–Trinajstić information content (AvgIpc) is 3.27. The van der Waals surface area contributed by atoms with Gasteiger partial charge in [-0.1, -0.05) is 6.07 Å². The highest BCUT2D eigenvalue weighted by Gasteiger charge is 2.38. The van der Waals surface area contributed by atoms with Gasteiger partial charge >= 0.3 is 12.1 Å². The zero-order valence-corrected chi connectivity index (χ0v) is 18.1. The lowest BCUT2D eigenvalue weighted by atomic mass is 9.96. The minimum atomic E-state index is -4.67. The molecule has 1 aliphatic rings. The Bertz CT molecular complexity index is 1190. The molecule has 2 aromatic heterocycles. The number of halogens is 3. The first-order chi connectivity index (χ1) is 16.2. The zero-order chi connectivity index (χ0) is 24.3. The number of piperidine rings is 1. The monoisotopic (exact) mass is 478 g/mol. The topological polar surface area (TPSA) is 111 Å². The van der Waals surface area contributed by atoms with Crippen LogP contribution in [0.1, 0.15) is 18.7 Å². The van der Waals surface area contributed by atoms with E-state index >= 15 is 0 Å². The lowest BCUT2D eigenvalue weighted by Gasteiger charge is -2.32. The van der Waals surface area contributed by atoms with Crippen LogP contribution in [0, 0.1) is 5.92 Å². The maximum absolute atomic E-state index is 13.1. The van der Waals surface area contributed by atoms with E-state index in [0.717, 1.165) is 0 Å². The molecule has 1 saturated heterocycles. The van der Waals surface area contributed by atoms with Gasteiger partial charge in [0.05, 0.1) is 7.11 Å². The minimum absolute atomic E-state index is 0.00290. The van der Waals surface area contributed by atoms with Crippen molar-refractivity contribution < 1.29 is 32.2 Å². The molecule has 0 aliphatic carbocycles. The SMILES string of the molecule is COC(=O)COc1cccc(NC(=O)C2CCN(c3ccc4nnc(C(F)(F)F)n4n3)CC2)c1. The number of ether oxygens (including phenoxy) is 2. The van der Waals surface area contributed by atoms with Gasteiger partial charge in [0, 0.05) is 30.8 Å². The molecule has 34 heavy (non-hydrogen) atoms. The summed E-state index contributed by atoms with van der Waals surface area (Å²) >= 11 is 0. The summed E-state index contributed by atoms with van der Waals surface area (Å²) in [6, 6.07) is 9.66. The lowest BCUT2D eigenvalue weighted by Crippen LogP contribution is -2.38. The molecule has 1 amide bonds. The molecule has 1 N–H and O–H groups in total. The zero-order valence-electron chi connectivity index (χ0n) is 18.1. The number of benzene rings is 1. The van der Waals surface area contributed by atoms with Gasteiger partial charge in [-0.25, -0.2) is 4.79 Å². The molecule has 180 valence electrons. The van der Waals surface area contributed by atoms with E-state index < -0.39 is 18.0 Å². The fourth-order valence-corrected chi connectivity index (χ4v) is 3.60. The predicted octanol–water partition coefficient (Wildman–Crippen LogP) is 2.55. The minimum Gasteiger partial charge on any atom is -0.482 e. The third kappa shape index (κ3) is 5.18. The Kier molecular flexibility index (Phi) is 6.52. The van der Waals surface area contributed by atoms with E-state index in [1.165, 1.54) is 13.2 Å². The van der Waals surface area contributed by atoms with Gasteiger partial charge in [-0.05, 0) is 37.1 Å². The molecule has 0 spiro atoms. The first kappa shape index (κ1) is 23.3. The average molecular weight is 478 g/mol. The third-order valence-corrected chi connectivity index (χ3v) is 5.38. The smallest absolute Gasteiger partial charge is 0.453 e. The number of carbonyl (C=O) groups excluding carboxylic acids is 2. The Balaban J connectivity index is 1.36. The number of aromatic nitrogens is 4. The van der Waals surface area contributed by atoms with Gasteiger partial charge in [0.2, 0.25) is 5.91 Å². The van der Waals surface area contributed by atoms with Crippen LogP contribution in [-0.4, -0.2) is 58.5 Å². The number of amides is 1. The molecule has 1 fully saturated rings. The normalized spacial score (nSPS) is 14.8. The van der Waals surface area contributed by atoms with Crippen molar-refractivity contribution in [3.05, 3.63) is 42.2 Å². The van der Waals surface area contributed by atoms with E-state index in [9.17, 15) is 22.8 Å². The van der Waals surface area contributed by atoms with Crippen molar-refractivity contribution in [1.82, 2.24) is 19.8 Å². The highest BCUT2D eigenvalue weighted by molar-refractivity contribution is 5.92. The number of rotatable bonds is 6. The van der Waals surface area contributed by atoms with Crippen LogP contribution >= 0.6 is 0 Å². The molecule has 13 heteroatoms. The molecular weight excluding hydrogens is 457 g/mol. The van der Waals surface area contributed by atoms with Gasteiger partial charge in [0.25, 0.3) is 5.82 Å². The number of fused-ring (bicyclic) bond motifs is 1. The van der Waals surface area contributed by atoms with Crippen molar-refractivity contribution in [3.63, 3.8) is 0 Å². The number of hydrogen-bond acceptors (Lipinski definition) is 8. The van der Waals surface area contributed by atoms with Crippen LogP contribution in [0.25, 0.3) is 5.65 Å². The summed E-state index contributed by atoms with van der Waals surface area (Å²) < 4.78 is 49.9. The first-order valence-electron chi connectivity index (χ1n) is 10.4. The molecule has 0 atom stereocenters. The summed E-state index contributed by atoms with van der Waals surface area (Å²) in [7, 11) is 1.26. The van der Waals surface area contributed by atoms with Gasteiger partial charge in [-0.2, -0.15) is 17.7 Å². The Hall–Kier alpha value is -3.90. The lowest BCUT2D eigenvalue weighted by molar-refractivity contribution is -0.146. The number of esters is 1. The van der Waals surface area contributed by atoms with E-state index in [1.807, 2.05) is 4.90 Å². The fraction of sp³-hybridized carbons (Fsp3) is 0.381. The highest BCUT2D eigenvalue weighted by atomic mass is 19.4. The number of hydrogen-bond donors (Lipinski definition) is 1. The second-order valence-electron chi connectivity index (χ2n) is 7.63. The van der Waals surface area contributed by atoms with Gasteiger partial charge in [0.15, 0.2) is 12.3 Å². The standard InChI is InChI=1S/C21H21F3N6O4/c1-33-18(31)12-34-15-4-2-3-14(11-15)25-19(32)13-7-9-29(10-8-13)17-6-5-16-26-27-20(21(22,23)24)30(16)28-17/h2-6,11,13H,7-10,12H2,1H3,(H,25,32). The third-order valence-electron chi connectivity index (χ3n) is 5.38. The molecule has 3 aromatic rings. The molecule has 3 heterocycles. The van der Waals surface area contributed by atoms with Gasteiger partial charge < -0.3 is 19.7 Å². The van der Waals surface area contributed by atoms with E-state index in [1.54, 1.807) is 30.3 Å². The van der Waals surface area contributed by atoms with Crippen LogP contribution in [0.5, 0.6) is 5.75 Å². The number of nitrogens with one attached hydrogen (secondary N) is 1. The van der Waals surface area contributed by atoms with E-state index in [2.05, 4.69) is 25.3 Å². The number of anilines is 2. The van der Waals surface area contributed by atoms with Crippen LogP contribution in [0.2, 0.25) is 0 Å². The van der Waals surface area contributed by atoms with E-state index in [-0.39, 0.29) is 24.1 Å². The molecule has 0 radical (unpaired) electrons. The van der Waals surface area contributed by atoms with Crippen LogP contribution in [0.3, 0.4) is 0 Å². The molecule has 0 bridgehead atoms. The Morgan fingerprint density at radius 2 is 1.91 bits per heavy atom. The summed E-state index contributed by atoms with van der Waals surface area (Å²) in [6.45, 7) is 0.649. The quantitative estimate of drug-likeness (QED) is 0.539. The van der Waals surface area contributed by atoms with Gasteiger partial charge in [-0.15, -0.1) is 15.3 Å². The van der Waals surface area contributed by atoms with E-state index in [4.69, 9.17) is 4.74 Å². The summed E-state index contributed by atoms with van der Waals surface area (Å²) in [5.74, 6) is -1.39. The number of nitrogens with zero attached hydrogens (tertiary/aromatic N) is 5. The van der Waals surface area contributed by atoms with Gasteiger partial charge in [-0.3, -0.25) is 4.79 Å². The maximum Gasteiger partial charge on any atom is 0.453 e. The second kappa shape index (κ2) is 9.53. The molecule has 0 unspecified atom stereocenters. The van der Waals surface area contributed by atoms with Crippen molar-refractivity contribution >= 4 is 29.0 Å². The molecule has 1 aromatic carbocycles.